The molecule has 1 aliphatic carbocycles. The van der Waals surface area contributed by atoms with Crippen molar-refractivity contribution in [3.63, 3.8) is 0 Å². The number of benzene rings is 1. The van der Waals surface area contributed by atoms with E-state index in [-0.39, 0.29) is 11.6 Å². The first kappa shape index (κ1) is 16.7. The number of fused-ring (bicyclic) bond motifs is 1. The molecule has 136 valence electrons. The first-order valence-electron chi connectivity index (χ1n) is 9.10. The summed E-state index contributed by atoms with van der Waals surface area (Å²) in [6.45, 7) is 2.08. The van der Waals surface area contributed by atoms with Gasteiger partial charge in [-0.05, 0) is 49.4 Å². The summed E-state index contributed by atoms with van der Waals surface area (Å²) in [4.78, 5) is 2.55. The average molecular weight is 345 g/mol. The van der Waals surface area contributed by atoms with E-state index in [9.17, 15) is 5.11 Å². The molecule has 0 saturated carbocycles. The predicted octanol–water partition coefficient (Wildman–Crippen LogP) is 2.64. The van der Waals surface area contributed by atoms with Crippen LogP contribution < -0.4 is 14.2 Å². The van der Waals surface area contributed by atoms with Gasteiger partial charge in [0.25, 0.3) is 0 Å². The maximum atomic E-state index is 10.5. The lowest BCUT2D eigenvalue weighted by atomic mass is 9.73. The highest BCUT2D eigenvalue weighted by Crippen LogP contribution is 2.55. The monoisotopic (exact) mass is 345 g/mol. The van der Waals surface area contributed by atoms with Gasteiger partial charge in [-0.25, -0.2) is 0 Å². The molecule has 1 saturated heterocycles. The van der Waals surface area contributed by atoms with Gasteiger partial charge in [-0.15, -0.1) is 0 Å². The third-order valence-electron chi connectivity index (χ3n) is 6.12. The number of hydrogen-bond donors (Lipinski definition) is 1. The van der Waals surface area contributed by atoms with Gasteiger partial charge in [-0.2, -0.15) is 0 Å². The van der Waals surface area contributed by atoms with Crippen LogP contribution in [0.15, 0.2) is 17.7 Å². The molecule has 2 unspecified atom stereocenters. The van der Waals surface area contributed by atoms with E-state index in [1.807, 2.05) is 0 Å². The second-order valence-corrected chi connectivity index (χ2v) is 7.20. The molecular formula is C20H27NO4. The molecule has 2 atom stereocenters. The van der Waals surface area contributed by atoms with Crippen LogP contribution in [0.3, 0.4) is 0 Å². The molecule has 1 aromatic rings. The van der Waals surface area contributed by atoms with E-state index in [2.05, 4.69) is 17.0 Å². The second-order valence-electron chi connectivity index (χ2n) is 7.20. The molecule has 1 spiro atoms. The van der Waals surface area contributed by atoms with E-state index in [1.165, 1.54) is 16.7 Å². The lowest BCUT2D eigenvalue weighted by molar-refractivity contribution is 0.0671. The Kier molecular flexibility index (Phi) is 4.16. The Morgan fingerprint density at radius 1 is 1.08 bits per heavy atom. The molecule has 1 aromatic carbocycles. The van der Waals surface area contributed by atoms with Crippen LogP contribution in [-0.4, -0.2) is 50.5 Å². The molecule has 4 rings (SSSR count). The fraction of sp³-hybridized carbons (Fsp3) is 0.600. The van der Waals surface area contributed by atoms with Crippen molar-refractivity contribution in [2.75, 3.05) is 34.4 Å². The van der Waals surface area contributed by atoms with E-state index in [0.717, 1.165) is 50.9 Å². The minimum atomic E-state index is -0.311. The zero-order chi connectivity index (χ0) is 17.6. The molecule has 1 fully saturated rings. The number of nitrogens with zero attached hydrogens (tertiary/aromatic N) is 1. The maximum Gasteiger partial charge on any atom is 0.203 e. The quantitative estimate of drug-likeness (QED) is 0.854. The van der Waals surface area contributed by atoms with Crippen LogP contribution in [0.2, 0.25) is 0 Å². The van der Waals surface area contributed by atoms with Crippen molar-refractivity contribution < 1.29 is 19.3 Å². The molecule has 0 bridgehead atoms. The van der Waals surface area contributed by atoms with Gasteiger partial charge in [0.1, 0.15) is 0 Å². The van der Waals surface area contributed by atoms with Crippen LogP contribution in [0.5, 0.6) is 17.2 Å². The fourth-order valence-corrected chi connectivity index (χ4v) is 5.13. The summed E-state index contributed by atoms with van der Waals surface area (Å²) in [5.41, 5.74) is 3.64. The van der Waals surface area contributed by atoms with Gasteiger partial charge < -0.3 is 19.3 Å². The van der Waals surface area contributed by atoms with Crippen molar-refractivity contribution in [3.05, 3.63) is 28.8 Å². The van der Waals surface area contributed by atoms with E-state index >= 15 is 0 Å². The standard InChI is InChI=1S/C20H27NO4/c1-23-17-11-16-15(18(24-2)19(17)25-3)5-4-9-21-10-8-13-6-7-14(22)12-20(13,16)21/h6,11,14,22H,4-5,7-10,12H2,1-3H3. The minimum Gasteiger partial charge on any atom is -0.493 e. The summed E-state index contributed by atoms with van der Waals surface area (Å²) in [6, 6.07) is 2.12. The SMILES string of the molecule is COc1cc2c(c(OC)c1OC)CCCN1CCC3=CCC(O)CC321. The molecule has 0 amide bonds. The lowest BCUT2D eigenvalue weighted by Gasteiger charge is -2.43. The minimum absolute atomic E-state index is 0.226. The van der Waals surface area contributed by atoms with Crippen LogP contribution in [0.1, 0.15) is 36.8 Å². The summed E-state index contributed by atoms with van der Waals surface area (Å²) in [6.07, 6.45) is 6.53. The highest BCUT2D eigenvalue weighted by Gasteiger charge is 2.51. The fourth-order valence-electron chi connectivity index (χ4n) is 5.13. The lowest BCUT2D eigenvalue weighted by Crippen LogP contribution is -2.46. The van der Waals surface area contributed by atoms with Gasteiger partial charge in [-0.3, -0.25) is 4.90 Å². The van der Waals surface area contributed by atoms with Crippen LogP contribution in [0.4, 0.5) is 0 Å². The Bertz CT molecular complexity index is 714. The van der Waals surface area contributed by atoms with Gasteiger partial charge in [0.2, 0.25) is 5.75 Å². The molecule has 3 aliphatic rings. The Balaban J connectivity index is 2.01. The molecule has 5 heteroatoms. The Morgan fingerprint density at radius 2 is 1.88 bits per heavy atom. The number of hydrogen-bond acceptors (Lipinski definition) is 5. The summed E-state index contributed by atoms with van der Waals surface area (Å²) < 4.78 is 17.0. The van der Waals surface area contributed by atoms with Crippen LogP contribution in [0.25, 0.3) is 0 Å². The maximum absolute atomic E-state index is 10.5. The second kappa shape index (κ2) is 6.22. The number of ether oxygens (including phenoxy) is 3. The van der Waals surface area contributed by atoms with Crippen molar-refractivity contribution in [1.82, 2.24) is 4.90 Å². The third kappa shape index (κ3) is 2.29. The molecule has 2 aliphatic heterocycles. The van der Waals surface area contributed by atoms with E-state index < -0.39 is 0 Å². The zero-order valence-electron chi connectivity index (χ0n) is 15.3. The third-order valence-corrected chi connectivity index (χ3v) is 6.12. The van der Waals surface area contributed by atoms with Crippen molar-refractivity contribution in [2.45, 2.75) is 43.7 Å². The summed E-state index contributed by atoms with van der Waals surface area (Å²) in [5.74, 6) is 2.13. The molecule has 5 nitrogen and oxygen atoms in total. The average Bonchev–Trinajstić information content (AvgIpc) is 2.91. The van der Waals surface area contributed by atoms with Crippen molar-refractivity contribution in [1.29, 1.82) is 0 Å². The summed E-state index contributed by atoms with van der Waals surface area (Å²) >= 11 is 0. The first-order valence-corrected chi connectivity index (χ1v) is 9.10. The largest absolute Gasteiger partial charge is 0.493 e. The van der Waals surface area contributed by atoms with Crippen molar-refractivity contribution in [2.24, 2.45) is 0 Å². The van der Waals surface area contributed by atoms with Crippen molar-refractivity contribution in [3.8, 4) is 17.2 Å². The first-order chi connectivity index (χ1) is 12.2. The van der Waals surface area contributed by atoms with Crippen LogP contribution in [-0.2, 0) is 12.0 Å². The molecular weight excluding hydrogens is 318 g/mol. The Hall–Kier alpha value is -1.72. The highest BCUT2D eigenvalue weighted by atomic mass is 16.5. The van der Waals surface area contributed by atoms with Gasteiger partial charge >= 0.3 is 0 Å². The normalized spacial score (nSPS) is 28.3. The molecule has 25 heavy (non-hydrogen) atoms. The van der Waals surface area contributed by atoms with Gasteiger partial charge in [0, 0.05) is 18.5 Å². The highest BCUT2D eigenvalue weighted by molar-refractivity contribution is 5.63. The van der Waals surface area contributed by atoms with Crippen molar-refractivity contribution >= 4 is 0 Å². The van der Waals surface area contributed by atoms with Crippen LogP contribution >= 0.6 is 0 Å². The van der Waals surface area contributed by atoms with Crippen LogP contribution in [0, 0.1) is 0 Å². The number of rotatable bonds is 3. The number of methoxy groups -OCH3 is 3. The molecule has 2 heterocycles. The zero-order valence-corrected chi connectivity index (χ0v) is 15.3. The van der Waals surface area contributed by atoms with Gasteiger partial charge in [-0.1, -0.05) is 6.08 Å². The summed E-state index contributed by atoms with van der Waals surface area (Å²) in [7, 11) is 5.01. The number of aliphatic hydroxyl groups excluding tert-OH is 1. The Labute approximate surface area is 149 Å². The Morgan fingerprint density at radius 3 is 2.60 bits per heavy atom. The molecule has 0 radical (unpaired) electrons. The number of aliphatic hydroxyl groups is 1. The topological polar surface area (TPSA) is 51.2 Å². The van der Waals surface area contributed by atoms with Gasteiger partial charge in [0.05, 0.1) is 33.0 Å². The van der Waals surface area contributed by atoms with E-state index in [0.29, 0.717) is 11.5 Å². The molecule has 1 N–H and O–H groups in total. The van der Waals surface area contributed by atoms with E-state index in [4.69, 9.17) is 14.2 Å². The smallest absolute Gasteiger partial charge is 0.203 e. The summed E-state index contributed by atoms with van der Waals surface area (Å²) in [5, 5.41) is 10.5. The molecule has 0 aromatic heterocycles. The predicted molar refractivity (Wildman–Crippen MR) is 95.6 cm³/mol. The van der Waals surface area contributed by atoms with Gasteiger partial charge in [0.15, 0.2) is 11.5 Å². The van der Waals surface area contributed by atoms with E-state index in [1.54, 1.807) is 21.3 Å².